The Morgan fingerprint density at radius 1 is 0.938 bits per heavy atom. The van der Waals surface area contributed by atoms with Crippen molar-refractivity contribution >= 4 is 67.2 Å². The number of benzene rings is 4. The summed E-state index contributed by atoms with van der Waals surface area (Å²) >= 11 is 6.24. The first-order valence-corrected chi connectivity index (χ1v) is 23.3. The first-order valence-electron chi connectivity index (χ1n) is 21.4. The van der Waals surface area contributed by atoms with Crippen LogP contribution in [0.5, 0.6) is 11.5 Å². The molecule has 3 heterocycles. The average Bonchev–Trinajstić information content (AvgIpc) is 3.71. The van der Waals surface area contributed by atoms with Gasteiger partial charge in [0.25, 0.3) is 21.6 Å². The van der Waals surface area contributed by atoms with Crippen molar-refractivity contribution in [2.75, 3.05) is 63.1 Å². The number of aromatic nitrogens is 1. The number of ether oxygens (including phenoxy) is 1. The van der Waals surface area contributed by atoms with E-state index in [0.29, 0.717) is 29.0 Å². The number of amides is 1. The van der Waals surface area contributed by atoms with E-state index in [1.165, 1.54) is 41.1 Å². The lowest BCUT2D eigenvalue weighted by Gasteiger charge is -2.39. The summed E-state index contributed by atoms with van der Waals surface area (Å²) in [5.41, 5.74) is 4.99. The van der Waals surface area contributed by atoms with E-state index in [0.717, 1.165) is 81.1 Å². The number of carbonyl (C=O) groups excluding carboxylic acids is 1. The average molecular weight is 910 g/mol. The van der Waals surface area contributed by atoms with Crippen LogP contribution in [0.4, 0.5) is 21.9 Å². The van der Waals surface area contributed by atoms with E-state index >= 15 is 0 Å². The van der Waals surface area contributed by atoms with E-state index in [2.05, 4.69) is 50.7 Å². The smallest absolute Gasteiger partial charge is 0.416 e. The fourth-order valence-corrected chi connectivity index (χ4v) is 10.1. The molecule has 0 atom stereocenters. The summed E-state index contributed by atoms with van der Waals surface area (Å²) < 4.78 is 37.1. The number of carboxylic acid groups (broad SMARTS) is 1. The molecular weight excluding hydrogens is 858 g/mol. The quantitative estimate of drug-likeness (QED) is 0.0801. The van der Waals surface area contributed by atoms with Gasteiger partial charge in [0.05, 0.1) is 20.9 Å². The minimum Gasteiger partial charge on any atom is -0.464 e. The van der Waals surface area contributed by atoms with E-state index in [4.69, 9.17) is 16.3 Å². The van der Waals surface area contributed by atoms with E-state index in [1.807, 2.05) is 19.2 Å². The third-order valence-corrected chi connectivity index (χ3v) is 14.2. The molecule has 64 heavy (non-hydrogen) atoms. The molecule has 2 fully saturated rings. The molecule has 17 heteroatoms. The van der Waals surface area contributed by atoms with E-state index in [9.17, 15) is 33.2 Å². The number of rotatable bonds is 12. The number of carbonyl (C=O) groups is 2. The zero-order valence-corrected chi connectivity index (χ0v) is 37.6. The van der Waals surface area contributed by atoms with Gasteiger partial charge in [0.15, 0.2) is 0 Å². The number of halogens is 1. The van der Waals surface area contributed by atoms with Crippen molar-refractivity contribution in [3.8, 4) is 11.5 Å². The molecule has 4 aromatic carbocycles. The minimum atomic E-state index is -4.62. The molecule has 3 N–H and O–H groups in total. The van der Waals surface area contributed by atoms with E-state index in [-0.39, 0.29) is 34.2 Å². The zero-order valence-electron chi connectivity index (χ0n) is 36.1. The van der Waals surface area contributed by atoms with Crippen LogP contribution >= 0.6 is 11.6 Å². The number of sulfonamides is 1. The summed E-state index contributed by atoms with van der Waals surface area (Å²) in [5.74, 6) is -0.729. The van der Waals surface area contributed by atoms with Gasteiger partial charge in [-0.05, 0) is 123 Å². The second kappa shape index (κ2) is 18.3. The highest BCUT2D eigenvalue weighted by molar-refractivity contribution is 7.90. The minimum absolute atomic E-state index is 0.0168. The number of nitrogens with one attached hydrogen (secondary N) is 2. The third kappa shape index (κ3) is 9.89. The summed E-state index contributed by atoms with van der Waals surface area (Å²) in [5, 5.41) is 26.3. The molecule has 0 saturated carbocycles. The lowest BCUT2D eigenvalue weighted by atomic mass is 9.72. The van der Waals surface area contributed by atoms with E-state index < -0.39 is 37.5 Å². The standard InChI is InChI=1S/C47H52ClN7O8S/c1-47(2)19-15-32(39(29-47)31-7-9-33(48)10-8-31)30-52-23-25-53(26-24-52)35-11-13-38(44(27-35)63-43-6-4-5-41-37(43)18-22-54(41)46(57)58)45(56)50-64(61,62)36-12-14-40(42(28-36)55(59)60)49-34-16-20-51(3)21-17-34/h4-14,18,22,27-28,34,49H,15-17,19-21,23-26,29-30H2,1-3H3,(H,50,56)(H,57,58). The van der Waals surface area contributed by atoms with Crippen LogP contribution in [0.15, 0.2) is 102 Å². The number of piperazine rings is 1. The number of nitrogens with zero attached hydrogens (tertiary/aromatic N) is 5. The topological polar surface area (TPSA) is 180 Å². The Bertz CT molecular complexity index is 2740. The van der Waals surface area contributed by atoms with Crippen LogP contribution < -0.4 is 19.7 Å². The normalized spacial score (nSPS) is 17.7. The van der Waals surface area contributed by atoms with Gasteiger partial charge in [-0.1, -0.05) is 49.2 Å². The number of nitro groups is 1. The second-order valence-corrected chi connectivity index (χ2v) is 19.8. The Hall–Kier alpha value is -5.94. The van der Waals surface area contributed by atoms with Crippen LogP contribution in [0.2, 0.25) is 5.02 Å². The van der Waals surface area contributed by atoms with Crippen LogP contribution in [0, 0.1) is 15.5 Å². The molecule has 2 aliphatic heterocycles. The first-order chi connectivity index (χ1) is 30.5. The van der Waals surface area contributed by atoms with Crippen LogP contribution in [0.25, 0.3) is 16.5 Å². The molecule has 1 aliphatic carbocycles. The first kappa shape index (κ1) is 44.7. The molecule has 0 radical (unpaired) electrons. The molecule has 0 bridgehead atoms. The Kier molecular flexibility index (Phi) is 12.8. The van der Waals surface area contributed by atoms with Gasteiger partial charge in [-0.3, -0.25) is 24.4 Å². The molecule has 2 saturated heterocycles. The molecule has 5 aromatic rings. The van der Waals surface area contributed by atoms with Crippen LogP contribution in [-0.2, 0) is 10.0 Å². The van der Waals surface area contributed by atoms with Crippen molar-refractivity contribution in [1.82, 2.24) is 19.1 Å². The third-order valence-electron chi connectivity index (χ3n) is 12.6. The molecule has 3 aliphatic rings. The fourth-order valence-electron chi connectivity index (χ4n) is 8.95. The lowest BCUT2D eigenvalue weighted by Crippen LogP contribution is -2.47. The predicted octanol–water partition coefficient (Wildman–Crippen LogP) is 8.93. The fraction of sp³-hybridized carbons (Fsp3) is 0.362. The molecule has 15 nitrogen and oxygen atoms in total. The number of piperidine rings is 1. The largest absolute Gasteiger partial charge is 0.464 e. The van der Waals surface area contributed by atoms with Gasteiger partial charge in [0.2, 0.25) is 0 Å². The number of hydrogen-bond acceptors (Lipinski definition) is 11. The summed E-state index contributed by atoms with van der Waals surface area (Å²) in [7, 11) is -2.61. The monoisotopic (exact) mass is 909 g/mol. The van der Waals surface area contributed by atoms with Crippen LogP contribution in [0.3, 0.4) is 0 Å². The lowest BCUT2D eigenvalue weighted by molar-refractivity contribution is -0.384. The second-order valence-electron chi connectivity index (χ2n) is 17.7. The molecule has 336 valence electrons. The number of hydrogen-bond donors (Lipinski definition) is 3. The molecule has 1 amide bonds. The van der Waals surface area contributed by atoms with Crippen molar-refractivity contribution < 1.29 is 32.8 Å². The maximum absolute atomic E-state index is 14.0. The van der Waals surface area contributed by atoms with Crippen LogP contribution in [-0.4, -0.2) is 104 Å². The van der Waals surface area contributed by atoms with Crippen molar-refractivity contribution in [2.24, 2.45) is 5.41 Å². The van der Waals surface area contributed by atoms with Gasteiger partial charge in [-0.15, -0.1) is 0 Å². The highest BCUT2D eigenvalue weighted by atomic mass is 35.5. The van der Waals surface area contributed by atoms with Crippen LogP contribution in [0.1, 0.15) is 61.9 Å². The summed E-state index contributed by atoms with van der Waals surface area (Å²) in [6.45, 7) is 10.0. The number of nitro benzene ring substituents is 1. The van der Waals surface area contributed by atoms with Gasteiger partial charge in [-0.2, -0.15) is 0 Å². The SMILES string of the molecule is CN1CCC(Nc2ccc(S(=O)(=O)NC(=O)c3ccc(N4CCN(CC5=C(c6ccc(Cl)cc6)CC(C)(C)CC5)CC4)cc3Oc3cccc4c3ccn4C(=O)O)cc2[N+](=O)[O-])CC1. The highest BCUT2D eigenvalue weighted by Crippen LogP contribution is 2.44. The van der Waals surface area contributed by atoms with Crippen molar-refractivity contribution in [1.29, 1.82) is 0 Å². The number of likely N-dealkylation sites (tertiary alicyclic amines) is 1. The van der Waals surface area contributed by atoms with E-state index in [1.54, 1.807) is 36.4 Å². The van der Waals surface area contributed by atoms with Gasteiger partial charge < -0.3 is 25.0 Å². The summed E-state index contributed by atoms with van der Waals surface area (Å²) in [4.78, 5) is 43.9. The Morgan fingerprint density at radius 2 is 1.67 bits per heavy atom. The van der Waals surface area contributed by atoms with Gasteiger partial charge in [0, 0.05) is 73.2 Å². The molecule has 0 unspecified atom stereocenters. The molecule has 8 rings (SSSR count). The summed E-state index contributed by atoms with van der Waals surface area (Å²) in [6, 6.07) is 23.0. The van der Waals surface area contributed by atoms with Crippen molar-refractivity contribution in [2.45, 2.75) is 56.9 Å². The molecule has 1 aromatic heterocycles. The van der Waals surface area contributed by atoms with Gasteiger partial charge in [0.1, 0.15) is 17.2 Å². The molecular formula is C47H52ClN7O8S. The zero-order chi connectivity index (χ0) is 45.3. The van der Waals surface area contributed by atoms with Gasteiger partial charge >= 0.3 is 6.09 Å². The molecule has 0 spiro atoms. The number of anilines is 2. The van der Waals surface area contributed by atoms with Crippen molar-refractivity contribution in [3.63, 3.8) is 0 Å². The Balaban J connectivity index is 1.04. The van der Waals surface area contributed by atoms with Gasteiger partial charge in [-0.25, -0.2) is 17.9 Å². The maximum Gasteiger partial charge on any atom is 0.416 e. The maximum atomic E-state index is 14.0. The highest BCUT2D eigenvalue weighted by Gasteiger charge is 2.31. The number of allylic oxidation sites excluding steroid dienone is 1. The Morgan fingerprint density at radius 3 is 2.38 bits per heavy atom. The predicted molar refractivity (Wildman–Crippen MR) is 248 cm³/mol. The Labute approximate surface area is 377 Å². The number of fused-ring (bicyclic) bond motifs is 1. The van der Waals surface area contributed by atoms with Crippen molar-refractivity contribution in [3.05, 3.63) is 123 Å². The summed E-state index contributed by atoms with van der Waals surface area (Å²) in [6.07, 6.45) is 4.87.